The number of nitrogens with zero attached hydrogens (tertiary/aromatic N) is 2. The van der Waals surface area contributed by atoms with Gasteiger partial charge < -0.3 is 4.74 Å². The summed E-state index contributed by atoms with van der Waals surface area (Å²) in [5.74, 6) is 1.46. The Labute approximate surface area is 103 Å². The Balaban J connectivity index is 2.10. The molecule has 2 heterocycles. The molecule has 2 aromatic carbocycles. The predicted molar refractivity (Wildman–Crippen MR) is 69.0 cm³/mol. The van der Waals surface area contributed by atoms with Crippen molar-refractivity contribution in [3.8, 4) is 16.9 Å². The molecular formula is C14H9N3O. The third kappa shape index (κ3) is 1.14. The molecule has 0 bridgehead atoms. The molecule has 0 fully saturated rings. The fraction of sp³-hybridized carbons (Fsp3) is 0. The van der Waals surface area contributed by atoms with Gasteiger partial charge in [0.05, 0.1) is 5.52 Å². The number of fused-ring (bicyclic) bond motifs is 4. The van der Waals surface area contributed by atoms with Crippen LogP contribution in [0.4, 0.5) is 0 Å². The largest absolute Gasteiger partial charge is 0.457 e. The van der Waals surface area contributed by atoms with E-state index in [1.807, 2.05) is 30.3 Å². The number of aromatic nitrogens is 3. The Bertz CT molecular complexity index is 789. The summed E-state index contributed by atoms with van der Waals surface area (Å²) in [4.78, 5) is 0. The van der Waals surface area contributed by atoms with Gasteiger partial charge in [0.15, 0.2) is 0 Å². The van der Waals surface area contributed by atoms with Crippen LogP contribution in [0.25, 0.3) is 27.9 Å². The summed E-state index contributed by atoms with van der Waals surface area (Å²) in [5.41, 5.74) is 4.86. The fourth-order valence-electron chi connectivity index (χ4n) is 2.32. The lowest BCUT2D eigenvalue weighted by molar-refractivity contribution is 0.514. The van der Waals surface area contributed by atoms with Crippen molar-refractivity contribution >= 4 is 16.8 Å². The smallest absolute Gasteiger partial charge is 0.137 e. The first-order valence-electron chi connectivity index (χ1n) is 5.64. The molecule has 86 valence electrons. The van der Waals surface area contributed by atoms with E-state index in [1.165, 1.54) is 0 Å². The zero-order chi connectivity index (χ0) is 12.1. The summed E-state index contributed by atoms with van der Waals surface area (Å²) in [7, 11) is 0. The minimum absolute atomic E-state index is 0.671. The van der Waals surface area contributed by atoms with Crippen molar-refractivity contribution in [3.05, 3.63) is 48.5 Å². The van der Waals surface area contributed by atoms with Crippen LogP contribution < -0.4 is 4.74 Å². The van der Waals surface area contributed by atoms with Gasteiger partial charge in [-0.05, 0) is 11.6 Å². The second-order valence-corrected chi connectivity index (χ2v) is 4.25. The number of ether oxygens (including phenoxy) is 1. The molecule has 0 aliphatic carbocycles. The number of H-pyrrole nitrogens is 1. The third-order valence-electron chi connectivity index (χ3n) is 3.18. The molecule has 4 rings (SSSR count). The lowest BCUT2D eigenvalue weighted by Crippen LogP contribution is -2.03. The lowest BCUT2D eigenvalue weighted by atomic mass is 9.95. The van der Waals surface area contributed by atoms with E-state index in [-0.39, 0.29) is 0 Å². The highest BCUT2D eigenvalue weighted by molar-refractivity contribution is 5.92. The molecule has 1 aliphatic rings. The summed E-state index contributed by atoms with van der Waals surface area (Å²) in [6.07, 6.45) is 0. The summed E-state index contributed by atoms with van der Waals surface area (Å²) in [6, 6.07) is 12.0. The molecule has 4 nitrogen and oxygen atoms in total. The average Bonchev–Trinajstić information content (AvgIpc) is 2.84. The summed E-state index contributed by atoms with van der Waals surface area (Å²) in [5, 5.41) is 10.7. The predicted octanol–water partition coefficient (Wildman–Crippen LogP) is 2.99. The van der Waals surface area contributed by atoms with Gasteiger partial charge in [0.2, 0.25) is 0 Å². The first kappa shape index (κ1) is 9.41. The Morgan fingerprint density at radius 1 is 1.06 bits per heavy atom. The second-order valence-electron chi connectivity index (χ2n) is 4.25. The molecule has 3 aromatic rings. The molecule has 1 N–H and O–H groups in total. The Kier molecular flexibility index (Phi) is 1.67. The van der Waals surface area contributed by atoms with Gasteiger partial charge >= 0.3 is 0 Å². The molecule has 4 heteroatoms. The number of aromatic amines is 1. The monoisotopic (exact) mass is 235 g/mol. The van der Waals surface area contributed by atoms with Crippen LogP contribution in [0.2, 0.25) is 0 Å². The average molecular weight is 235 g/mol. The second kappa shape index (κ2) is 3.20. The maximum atomic E-state index is 5.77. The standard InChI is InChI=1S/C14H9N3O/c1-8-9-4-2-3-5-10(9)11-6-12-13(16-17-15-12)7-14(11)18-8/h2-7H,1H2,(H,15,16,17). The Hall–Kier alpha value is -2.62. The Morgan fingerprint density at radius 2 is 1.89 bits per heavy atom. The van der Waals surface area contributed by atoms with E-state index in [0.717, 1.165) is 33.5 Å². The van der Waals surface area contributed by atoms with Gasteiger partial charge in [0.1, 0.15) is 17.0 Å². The quantitative estimate of drug-likeness (QED) is 0.651. The number of benzene rings is 2. The highest BCUT2D eigenvalue weighted by atomic mass is 16.5. The molecule has 0 saturated carbocycles. The van der Waals surface area contributed by atoms with E-state index < -0.39 is 0 Å². The van der Waals surface area contributed by atoms with E-state index in [2.05, 4.69) is 28.1 Å². The molecule has 0 amide bonds. The molecule has 0 spiro atoms. The highest BCUT2D eigenvalue weighted by Gasteiger charge is 2.21. The van der Waals surface area contributed by atoms with Gasteiger partial charge in [-0.2, -0.15) is 0 Å². The minimum Gasteiger partial charge on any atom is -0.457 e. The molecular weight excluding hydrogens is 226 g/mol. The van der Waals surface area contributed by atoms with E-state index >= 15 is 0 Å². The summed E-state index contributed by atoms with van der Waals surface area (Å²) < 4.78 is 5.77. The summed E-state index contributed by atoms with van der Waals surface area (Å²) >= 11 is 0. The van der Waals surface area contributed by atoms with Crippen LogP contribution in [0.5, 0.6) is 5.75 Å². The lowest BCUT2D eigenvalue weighted by Gasteiger charge is -2.21. The van der Waals surface area contributed by atoms with Crippen LogP contribution in [-0.4, -0.2) is 15.4 Å². The SMILES string of the molecule is C=C1Oc2cc3[nH]nnc3cc2-c2ccccc21. The number of hydrogen-bond acceptors (Lipinski definition) is 3. The topological polar surface area (TPSA) is 50.8 Å². The van der Waals surface area contributed by atoms with Crippen LogP contribution in [-0.2, 0) is 0 Å². The zero-order valence-corrected chi connectivity index (χ0v) is 9.47. The van der Waals surface area contributed by atoms with Crippen molar-refractivity contribution in [2.45, 2.75) is 0 Å². The molecule has 18 heavy (non-hydrogen) atoms. The number of rotatable bonds is 0. The maximum absolute atomic E-state index is 5.77. The van der Waals surface area contributed by atoms with Gasteiger partial charge in [0.25, 0.3) is 0 Å². The van der Waals surface area contributed by atoms with E-state index in [9.17, 15) is 0 Å². The van der Waals surface area contributed by atoms with Crippen LogP contribution in [0.1, 0.15) is 5.56 Å². The van der Waals surface area contributed by atoms with Gasteiger partial charge in [-0.15, -0.1) is 5.10 Å². The normalized spacial score (nSPS) is 13.0. The highest BCUT2D eigenvalue weighted by Crippen LogP contribution is 2.42. The molecule has 0 unspecified atom stereocenters. The molecule has 1 aromatic heterocycles. The van der Waals surface area contributed by atoms with E-state index in [0.29, 0.717) is 5.76 Å². The van der Waals surface area contributed by atoms with Crippen molar-refractivity contribution in [2.75, 3.05) is 0 Å². The molecule has 0 atom stereocenters. The van der Waals surface area contributed by atoms with E-state index in [1.54, 1.807) is 0 Å². The van der Waals surface area contributed by atoms with Crippen LogP contribution >= 0.6 is 0 Å². The van der Waals surface area contributed by atoms with Crippen LogP contribution in [0.3, 0.4) is 0 Å². The van der Waals surface area contributed by atoms with Gasteiger partial charge in [-0.25, -0.2) is 0 Å². The van der Waals surface area contributed by atoms with Crippen molar-refractivity contribution in [3.63, 3.8) is 0 Å². The first-order chi connectivity index (χ1) is 8.83. The number of nitrogens with one attached hydrogen (secondary N) is 1. The maximum Gasteiger partial charge on any atom is 0.137 e. The van der Waals surface area contributed by atoms with Crippen molar-refractivity contribution < 1.29 is 4.74 Å². The zero-order valence-electron chi connectivity index (χ0n) is 9.47. The van der Waals surface area contributed by atoms with Crippen molar-refractivity contribution in [1.82, 2.24) is 15.4 Å². The fourth-order valence-corrected chi connectivity index (χ4v) is 2.32. The number of hydrogen-bond donors (Lipinski definition) is 1. The van der Waals surface area contributed by atoms with E-state index in [4.69, 9.17) is 4.74 Å². The first-order valence-corrected chi connectivity index (χ1v) is 5.64. The molecule has 0 saturated heterocycles. The van der Waals surface area contributed by atoms with Gasteiger partial charge in [0, 0.05) is 17.2 Å². The molecule has 1 aliphatic heterocycles. The van der Waals surface area contributed by atoms with Gasteiger partial charge in [-0.1, -0.05) is 36.1 Å². The van der Waals surface area contributed by atoms with Crippen LogP contribution in [0.15, 0.2) is 43.0 Å². The van der Waals surface area contributed by atoms with Crippen molar-refractivity contribution in [1.29, 1.82) is 0 Å². The molecule has 0 radical (unpaired) electrons. The minimum atomic E-state index is 0.671. The Morgan fingerprint density at radius 3 is 2.78 bits per heavy atom. The van der Waals surface area contributed by atoms with Crippen LogP contribution in [0, 0.1) is 0 Å². The van der Waals surface area contributed by atoms with Gasteiger partial charge in [-0.3, -0.25) is 5.10 Å². The summed E-state index contributed by atoms with van der Waals surface area (Å²) in [6.45, 7) is 3.96. The van der Waals surface area contributed by atoms with Crippen molar-refractivity contribution in [2.24, 2.45) is 0 Å². The third-order valence-corrected chi connectivity index (χ3v) is 3.18.